The van der Waals surface area contributed by atoms with Gasteiger partial charge in [0.2, 0.25) is 0 Å². The van der Waals surface area contributed by atoms with Crippen molar-refractivity contribution in [1.29, 1.82) is 0 Å². The van der Waals surface area contributed by atoms with E-state index in [0.717, 1.165) is 0 Å². The van der Waals surface area contributed by atoms with Crippen molar-refractivity contribution in [3.63, 3.8) is 0 Å². The van der Waals surface area contributed by atoms with Gasteiger partial charge in [-0.3, -0.25) is 0 Å². The summed E-state index contributed by atoms with van der Waals surface area (Å²) in [5.74, 6) is 0. The van der Waals surface area contributed by atoms with Gasteiger partial charge in [0.15, 0.2) is 0 Å². The second-order valence-corrected chi connectivity index (χ2v) is 9.58. The normalized spacial score (nSPS) is 12.4. The van der Waals surface area contributed by atoms with Crippen molar-refractivity contribution in [2.45, 2.75) is 26.0 Å². The zero-order valence-corrected chi connectivity index (χ0v) is 12.6. The van der Waals surface area contributed by atoms with E-state index in [9.17, 15) is 0 Å². The van der Waals surface area contributed by atoms with Crippen molar-refractivity contribution in [3.05, 3.63) is 59.7 Å². The number of benzene rings is 2. The standard InChI is InChI=1S/C16H19As/c1-4-17(15-11-9-13(2)10-12-15)16-8-6-5-7-14(16)3/h5-12H,4H2,1-3H3. The molecule has 17 heavy (non-hydrogen) atoms. The van der Waals surface area contributed by atoms with Crippen LogP contribution in [0, 0.1) is 13.8 Å². The Morgan fingerprint density at radius 1 is 0.882 bits per heavy atom. The second kappa shape index (κ2) is 5.56. The van der Waals surface area contributed by atoms with Gasteiger partial charge in [0.25, 0.3) is 0 Å². The van der Waals surface area contributed by atoms with Crippen LogP contribution in [-0.4, -0.2) is 14.7 Å². The van der Waals surface area contributed by atoms with Gasteiger partial charge in [-0.1, -0.05) is 0 Å². The second-order valence-electron chi connectivity index (χ2n) is 4.37. The molecular weight excluding hydrogens is 267 g/mol. The van der Waals surface area contributed by atoms with Crippen LogP contribution in [0.4, 0.5) is 0 Å². The van der Waals surface area contributed by atoms with E-state index in [1.165, 1.54) is 16.3 Å². The molecule has 0 spiro atoms. The molecule has 1 heteroatoms. The summed E-state index contributed by atoms with van der Waals surface area (Å²) in [6.07, 6.45) is 0. The van der Waals surface area contributed by atoms with Gasteiger partial charge in [-0.15, -0.1) is 0 Å². The summed E-state index contributed by atoms with van der Waals surface area (Å²) in [5, 5.41) is 1.29. The summed E-state index contributed by atoms with van der Waals surface area (Å²) < 4.78 is 3.17. The number of hydrogen-bond donors (Lipinski definition) is 0. The van der Waals surface area contributed by atoms with Gasteiger partial charge in [0.05, 0.1) is 0 Å². The van der Waals surface area contributed by atoms with Crippen LogP contribution < -0.4 is 8.70 Å². The molecule has 0 amide bonds. The van der Waals surface area contributed by atoms with Gasteiger partial charge in [-0.2, -0.15) is 0 Å². The number of hydrogen-bond acceptors (Lipinski definition) is 0. The first-order chi connectivity index (χ1) is 8.22. The van der Waals surface area contributed by atoms with Gasteiger partial charge in [0, 0.05) is 0 Å². The van der Waals surface area contributed by atoms with E-state index >= 15 is 0 Å². The third kappa shape index (κ3) is 2.82. The molecule has 0 aliphatic carbocycles. The van der Waals surface area contributed by atoms with E-state index in [0.29, 0.717) is 0 Å². The van der Waals surface area contributed by atoms with Gasteiger partial charge in [-0.25, -0.2) is 0 Å². The SMILES string of the molecule is CC[As](c1ccc(C)cc1)c1ccccc1C. The Balaban J connectivity index is 2.40. The fourth-order valence-corrected chi connectivity index (χ4v) is 6.82. The molecule has 1 unspecified atom stereocenters. The van der Waals surface area contributed by atoms with E-state index in [-0.39, 0.29) is 0 Å². The Hall–Kier alpha value is -1.00. The monoisotopic (exact) mass is 286 g/mol. The van der Waals surface area contributed by atoms with Gasteiger partial charge >= 0.3 is 109 Å². The molecule has 2 rings (SSSR count). The minimum absolute atomic E-state index is 1.07. The predicted octanol–water partition coefficient (Wildman–Crippen LogP) is 2.93. The molecule has 0 radical (unpaired) electrons. The molecule has 0 aliphatic rings. The fraction of sp³-hybridized carbons (Fsp3) is 0.250. The van der Waals surface area contributed by atoms with Gasteiger partial charge < -0.3 is 0 Å². The first kappa shape index (κ1) is 12.5. The first-order valence-corrected chi connectivity index (χ1v) is 9.32. The Morgan fingerprint density at radius 2 is 1.53 bits per heavy atom. The van der Waals surface area contributed by atoms with Crippen molar-refractivity contribution < 1.29 is 0 Å². The number of aryl methyl sites for hydroxylation is 2. The Morgan fingerprint density at radius 3 is 2.12 bits per heavy atom. The van der Waals surface area contributed by atoms with Crippen LogP contribution in [0.2, 0.25) is 5.21 Å². The third-order valence-electron chi connectivity index (χ3n) is 3.07. The van der Waals surface area contributed by atoms with E-state index in [1.807, 2.05) is 0 Å². The summed E-state index contributed by atoms with van der Waals surface area (Å²) in [6.45, 7) is 6.72. The molecule has 0 aliphatic heterocycles. The third-order valence-corrected chi connectivity index (χ3v) is 8.60. The molecule has 0 nitrogen and oxygen atoms in total. The zero-order chi connectivity index (χ0) is 12.3. The van der Waals surface area contributed by atoms with Crippen LogP contribution in [0.3, 0.4) is 0 Å². The predicted molar refractivity (Wildman–Crippen MR) is 77.9 cm³/mol. The molecule has 0 saturated carbocycles. The molecular formula is C16H19As. The van der Waals surface area contributed by atoms with Crippen molar-refractivity contribution >= 4 is 23.4 Å². The van der Waals surface area contributed by atoms with Crippen LogP contribution in [0.25, 0.3) is 0 Å². The first-order valence-electron chi connectivity index (χ1n) is 6.12. The van der Waals surface area contributed by atoms with Crippen LogP contribution >= 0.6 is 0 Å². The topological polar surface area (TPSA) is 0 Å². The average Bonchev–Trinajstić information content (AvgIpc) is 2.35. The molecule has 1 atom stereocenters. The van der Waals surface area contributed by atoms with E-state index in [1.54, 1.807) is 8.70 Å². The Bertz CT molecular complexity index is 485. The molecule has 88 valence electrons. The molecule has 2 aromatic rings. The van der Waals surface area contributed by atoms with Crippen LogP contribution in [0.1, 0.15) is 18.1 Å². The van der Waals surface area contributed by atoms with Gasteiger partial charge in [0.1, 0.15) is 0 Å². The molecule has 0 fully saturated rings. The quantitative estimate of drug-likeness (QED) is 0.761. The molecule has 0 bridgehead atoms. The molecule has 0 aromatic heterocycles. The maximum atomic E-state index is 2.33. The van der Waals surface area contributed by atoms with Crippen molar-refractivity contribution in [1.82, 2.24) is 0 Å². The van der Waals surface area contributed by atoms with Crippen molar-refractivity contribution in [2.24, 2.45) is 0 Å². The summed E-state index contributed by atoms with van der Waals surface area (Å²) in [5.41, 5.74) is 2.80. The van der Waals surface area contributed by atoms with Crippen LogP contribution in [-0.2, 0) is 0 Å². The maximum absolute atomic E-state index is 2.33. The van der Waals surface area contributed by atoms with Crippen LogP contribution in [0.15, 0.2) is 48.5 Å². The van der Waals surface area contributed by atoms with Crippen molar-refractivity contribution in [3.8, 4) is 0 Å². The molecule has 0 N–H and O–H groups in total. The fourth-order valence-electron chi connectivity index (χ4n) is 2.08. The molecule has 2 aromatic carbocycles. The zero-order valence-electron chi connectivity index (χ0n) is 10.8. The van der Waals surface area contributed by atoms with Gasteiger partial charge in [-0.05, 0) is 0 Å². The summed E-state index contributed by atoms with van der Waals surface area (Å²) in [7, 11) is 0. The number of rotatable bonds is 3. The van der Waals surface area contributed by atoms with Crippen LogP contribution in [0.5, 0.6) is 0 Å². The summed E-state index contributed by atoms with van der Waals surface area (Å²) >= 11 is -1.07. The van der Waals surface area contributed by atoms with E-state index in [2.05, 4.69) is 69.3 Å². The minimum atomic E-state index is -1.07. The average molecular weight is 286 g/mol. The summed E-state index contributed by atoms with van der Waals surface area (Å²) in [6, 6.07) is 18.0. The molecule has 0 saturated heterocycles. The Kier molecular flexibility index (Phi) is 4.07. The van der Waals surface area contributed by atoms with E-state index in [4.69, 9.17) is 0 Å². The van der Waals surface area contributed by atoms with Crippen molar-refractivity contribution in [2.75, 3.05) is 0 Å². The Labute approximate surface area is 109 Å². The molecule has 0 heterocycles. The summed E-state index contributed by atoms with van der Waals surface area (Å²) in [4.78, 5) is 0. The van der Waals surface area contributed by atoms with E-state index < -0.39 is 14.7 Å².